The molecule has 4 heteroatoms. The van der Waals surface area contributed by atoms with E-state index in [1.165, 1.54) is 25.7 Å². The van der Waals surface area contributed by atoms with E-state index in [1.807, 2.05) is 0 Å². The quantitative estimate of drug-likeness (QED) is 0.620. The summed E-state index contributed by atoms with van der Waals surface area (Å²) < 4.78 is 10.6. The van der Waals surface area contributed by atoms with E-state index in [9.17, 15) is 0 Å². The third-order valence-corrected chi connectivity index (χ3v) is 3.93. The van der Waals surface area contributed by atoms with Gasteiger partial charge < -0.3 is 15.2 Å². The summed E-state index contributed by atoms with van der Waals surface area (Å²) in [6, 6.07) is 0. The smallest absolute Gasteiger partial charge is 0.0593 e. The van der Waals surface area contributed by atoms with Crippen LogP contribution >= 0.6 is 0 Å². The molecule has 1 aliphatic carbocycles. The Balaban J connectivity index is 2.13. The van der Waals surface area contributed by atoms with Crippen LogP contribution in [0.3, 0.4) is 0 Å². The standard InChI is InChI=1S/C13H28N2O2/c1-15(8-11-17-10-5-9-16-2)13(12-14)6-3-4-7-13/h3-12,14H2,1-2H3. The molecule has 0 aromatic carbocycles. The lowest BCUT2D eigenvalue weighted by Crippen LogP contribution is -2.51. The predicted octanol–water partition coefficient (Wildman–Crippen LogP) is 1.24. The first-order valence-electron chi connectivity index (χ1n) is 6.73. The second-order valence-electron chi connectivity index (χ2n) is 5.02. The molecule has 102 valence electrons. The van der Waals surface area contributed by atoms with Crippen molar-refractivity contribution < 1.29 is 9.47 Å². The zero-order chi connectivity index (χ0) is 12.6. The first-order chi connectivity index (χ1) is 8.25. The van der Waals surface area contributed by atoms with Crippen molar-refractivity contribution >= 4 is 0 Å². The van der Waals surface area contributed by atoms with Crippen LogP contribution in [0, 0.1) is 0 Å². The summed E-state index contributed by atoms with van der Waals surface area (Å²) in [5, 5.41) is 0. The molecule has 1 fully saturated rings. The van der Waals surface area contributed by atoms with Gasteiger partial charge in [-0.1, -0.05) is 12.8 Å². The maximum atomic E-state index is 5.94. The molecule has 0 radical (unpaired) electrons. The molecule has 4 nitrogen and oxygen atoms in total. The summed E-state index contributed by atoms with van der Waals surface area (Å²) in [6.07, 6.45) is 6.09. The maximum absolute atomic E-state index is 5.94. The average Bonchev–Trinajstić information content (AvgIpc) is 2.83. The van der Waals surface area contributed by atoms with Crippen molar-refractivity contribution in [2.45, 2.75) is 37.6 Å². The molecule has 0 spiro atoms. The first-order valence-corrected chi connectivity index (χ1v) is 6.73. The summed E-state index contributed by atoms with van der Waals surface area (Å²) in [4.78, 5) is 2.40. The molecule has 0 saturated heterocycles. The Labute approximate surface area is 105 Å². The topological polar surface area (TPSA) is 47.7 Å². The Bertz CT molecular complexity index is 194. The predicted molar refractivity (Wildman–Crippen MR) is 70.2 cm³/mol. The Morgan fingerprint density at radius 1 is 1.18 bits per heavy atom. The maximum Gasteiger partial charge on any atom is 0.0593 e. The summed E-state index contributed by atoms with van der Waals surface area (Å²) >= 11 is 0. The minimum Gasteiger partial charge on any atom is -0.385 e. The molecular weight excluding hydrogens is 216 g/mol. The fourth-order valence-corrected chi connectivity index (χ4v) is 2.62. The molecule has 0 unspecified atom stereocenters. The van der Waals surface area contributed by atoms with E-state index in [4.69, 9.17) is 15.2 Å². The van der Waals surface area contributed by atoms with Gasteiger partial charge in [0.05, 0.1) is 6.61 Å². The number of hydrogen-bond donors (Lipinski definition) is 1. The fraction of sp³-hybridized carbons (Fsp3) is 1.00. The Morgan fingerprint density at radius 3 is 2.47 bits per heavy atom. The lowest BCUT2D eigenvalue weighted by molar-refractivity contribution is 0.0563. The average molecular weight is 244 g/mol. The third kappa shape index (κ3) is 4.54. The Morgan fingerprint density at radius 2 is 1.88 bits per heavy atom. The van der Waals surface area contributed by atoms with Crippen molar-refractivity contribution in [2.75, 3.05) is 47.1 Å². The van der Waals surface area contributed by atoms with Crippen LogP contribution in [0.15, 0.2) is 0 Å². The van der Waals surface area contributed by atoms with Gasteiger partial charge in [0, 0.05) is 39.0 Å². The van der Waals surface area contributed by atoms with Crippen molar-refractivity contribution in [1.82, 2.24) is 4.90 Å². The minimum atomic E-state index is 0.246. The largest absolute Gasteiger partial charge is 0.385 e. The van der Waals surface area contributed by atoms with Gasteiger partial charge in [-0.15, -0.1) is 0 Å². The Hall–Kier alpha value is -0.160. The highest BCUT2D eigenvalue weighted by Gasteiger charge is 2.35. The number of ether oxygens (including phenoxy) is 2. The van der Waals surface area contributed by atoms with Gasteiger partial charge in [-0.2, -0.15) is 0 Å². The Kier molecular flexibility index (Phi) is 7.04. The summed E-state index contributed by atoms with van der Waals surface area (Å²) in [6.45, 7) is 4.11. The summed E-state index contributed by atoms with van der Waals surface area (Å²) in [7, 11) is 3.90. The molecule has 0 atom stereocenters. The van der Waals surface area contributed by atoms with Crippen LogP contribution in [0.1, 0.15) is 32.1 Å². The van der Waals surface area contributed by atoms with Crippen LogP contribution in [0.25, 0.3) is 0 Å². The van der Waals surface area contributed by atoms with Gasteiger partial charge in [-0.05, 0) is 26.3 Å². The molecule has 0 aromatic heterocycles. The van der Waals surface area contributed by atoms with E-state index >= 15 is 0 Å². The SMILES string of the molecule is COCCCOCCN(C)C1(CN)CCCC1. The van der Waals surface area contributed by atoms with E-state index in [0.29, 0.717) is 0 Å². The van der Waals surface area contributed by atoms with E-state index in [-0.39, 0.29) is 5.54 Å². The fourth-order valence-electron chi connectivity index (χ4n) is 2.62. The molecule has 1 aliphatic rings. The highest BCUT2D eigenvalue weighted by atomic mass is 16.5. The van der Waals surface area contributed by atoms with Crippen LogP contribution < -0.4 is 5.73 Å². The lowest BCUT2D eigenvalue weighted by atomic mass is 9.96. The molecule has 0 amide bonds. The van der Waals surface area contributed by atoms with Gasteiger partial charge in [0.1, 0.15) is 0 Å². The minimum absolute atomic E-state index is 0.246. The number of methoxy groups -OCH3 is 1. The number of nitrogens with zero attached hydrogens (tertiary/aromatic N) is 1. The van der Waals surface area contributed by atoms with E-state index in [2.05, 4.69) is 11.9 Å². The third-order valence-electron chi connectivity index (χ3n) is 3.93. The molecular formula is C13H28N2O2. The molecule has 0 aromatic rings. The molecule has 0 heterocycles. The number of likely N-dealkylation sites (N-methyl/N-ethyl adjacent to an activating group) is 1. The van der Waals surface area contributed by atoms with E-state index in [1.54, 1.807) is 7.11 Å². The number of nitrogens with two attached hydrogens (primary N) is 1. The second kappa shape index (κ2) is 8.03. The van der Waals surface area contributed by atoms with Crippen LogP contribution in [0.2, 0.25) is 0 Å². The highest BCUT2D eigenvalue weighted by Crippen LogP contribution is 2.33. The van der Waals surface area contributed by atoms with Gasteiger partial charge in [-0.3, -0.25) is 4.90 Å². The van der Waals surface area contributed by atoms with Gasteiger partial charge in [-0.25, -0.2) is 0 Å². The van der Waals surface area contributed by atoms with Crippen LogP contribution in [0.5, 0.6) is 0 Å². The van der Waals surface area contributed by atoms with Crippen molar-refractivity contribution in [3.8, 4) is 0 Å². The molecule has 0 aliphatic heterocycles. The molecule has 2 N–H and O–H groups in total. The zero-order valence-corrected chi connectivity index (χ0v) is 11.4. The normalized spacial score (nSPS) is 19.1. The van der Waals surface area contributed by atoms with Crippen LogP contribution in [0.4, 0.5) is 0 Å². The zero-order valence-electron chi connectivity index (χ0n) is 11.4. The monoisotopic (exact) mass is 244 g/mol. The number of rotatable bonds is 9. The van der Waals surface area contributed by atoms with E-state index < -0.39 is 0 Å². The highest BCUT2D eigenvalue weighted by molar-refractivity contribution is 4.94. The molecule has 1 rings (SSSR count). The van der Waals surface area contributed by atoms with Crippen molar-refractivity contribution in [3.63, 3.8) is 0 Å². The van der Waals surface area contributed by atoms with Gasteiger partial charge in [0.2, 0.25) is 0 Å². The molecule has 1 saturated carbocycles. The van der Waals surface area contributed by atoms with Crippen molar-refractivity contribution in [3.05, 3.63) is 0 Å². The number of hydrogen-bond acceptors (Lipinski definition) is 4. The van der Waals surface area contributed by atoms with Crippen LogP contribution in [-0.4, -0.2) is 57.5 Å². The summed E-state index contributed by atoms with van der Waals surface area (Å²) in [5.74, 6) is 0. The lowest BCUT2D eigenvalue weighted by Gasteiger charge is -2.37. The molecule has 0 bridgehead atoms. The summed E-state index contributed by atoms with van der Waals surface area (Å²) in [5.41, 5.74) is 6.19. The van der Waals surface area contributed by atoms with Crippen LogP contribution in [-0.2, 0) is 9.47 Å². The molecule has 17 heavy (non-hydrogen) atoms. The second-order valence-corrected chi connectivity index (χ2v) is 5.02. The van der Waals surface area contributed by atoms with Gasteiger partial charge in [0.25, 0.3) is 0 Å². The van der Waals surface area contributed by atoms with E-state index in [0.717, 1.165) is 39.3 Å². The van der Waals surface area contributed by atoms with Gasteiger partial charge in [0.15, 0.2) is 0 Å². The van der Waals surface area contributed by atoms with Crippen molar-refractivity contribution in [1.29, 1.82) is 0 Å². The van der Waals surface area contributed by atoms with Gasteiger partial charge >= 0.3 is 0 Å². The first kappa shape index (κ1) is 14.9. The van der Waals surface area contributed by atoms with Crippen molar-refractivity contribution in [2.24, 2.45) is 5.73 Å².